The quantitative estimate of drug-likeness (QED) is 0.676. The standard InChI is InChI=1S/C21H24N2O2S/c1-14(2)23-8-5-15(6-9-23)19-13-26-20-4-3-17(11-18(19)20)22-21(24)16-7-10-25-12-16/h3-4,7,10-15H,5-6,8-9H2,1-2H3,(H,22,24). The number of anilines is 1. The van der Waals surface area contributed by atoms with Gasteiger partial charge >= 0.3 is 0 Å². The van der Waals surface area contributed by atoms with Crippen LogP contribution < -0.4 is 5.32 Å². The fourth-order valence-corrected chi connectivity index (χ4v) is 4.79. The molecule has 1 aliphatic heterocycles. The Balaban J connectivity index is 1.54. The van der Waals surface area contributed by atoms with Crippen molar-refractivity contribution >= 4 is 33.0 Å². The van der Waals surface area contributed by atoms with Gasteiger partial charge < -0.3 is 14.6 Å². The van der Waals surface area contributed by atoms with Gasteiger partial charge in [-0.25, -0.2) is 0 Å². The maximum atomic E-state index is 12.3. The van der Waals surface area contributed by atoms with Gasteiger partial charge in [0.2, 0.25) is 0 Å². The summed E-state index contributed by atoms with van der Waals surface area (Å²) in [5.41, 5.74) is 2.81. The van der Waals surface area contributed by atoms with E-state index in [4.69, 9.17) is 4.42 Å². The van der Waals surface area contributed by atoms with Gasteiger partial charge in [0.05, 0.1) is 11.8 Å². The summed E-state index contributed by atoms with van der Waals surface area (Å²) in [6.45, 7) is 6.87. The first-order chi connectivity index (χ1) is 12.6. The van der Waals surface area contributed by atoms with Crippen molar-refractivity contribution in [1.29, 1.82) is 0 Å². The van der Waals surface area contributed by atoms with Gasteiger partial charge in [0.15, 0.2) is 0 Å². The Morgan fingerprint density at radius 2 is 2.08 bits per heavy atom. The van der Waals surface area contributed by atoms with Gasteiger partial charge in [-0.15, -0.1) is 11.3 Å². The van der Waals surface area contributed by atoms with Crippen molar-refractivity contribution in [2.45, 2.75) is 38.6 Å². The van der Waals surface area contributed by atoms with E-state index in [0.717, 1.165) is 18.8 Å². The number of thiophene rings is 1. The van der Waals surface area contributed by atoms with E-state index in [1.54, 1.807) is 17.4 Å². The zero-order valence-electron chi connectivity index (χ0n) is 15.2. The zero-order valence-corrected chi connectivity index (χ0v) is 16.0. The predicted molar refractivity (Wildman–Crippen MR) is 107 cm³/mol. The lowest BCUT2D eigenvalue weighted by atomic mass is 9.88. The summed E-state index contributed by atoms with van der Waals surface area (Å²) in [6, 6.07) is 8.50. The Kier molecular flexibility index (Phi) is 4.83. The van der Waals surface area contributed by atoms with Crippen LogP contribution in [0.3, 0.4) is 0 Å². The number of fused-ring (bicyclic) bond motifs is 1. The molecule has 5 heteroatoms. The monoisotopic (exact) mass is 368 g/mol. The molecule has 0 radical (unpaired) electrons. The maximum absolute atomic E-state index is 12.3. The van der Waals surface area contributed by atoms with Crippen molar-refractivity contribution in [1.82, 2.24) is 4.90 Å². The van der Waals surface area contributed by atoms with Gasteiger partial charge in [-0.2, -0.15) is 0 Å². The second-order valence-electron chi connectivity index (χ2n) is 7.27. The molecule has 0 atom stereocenters. The molecule has 4 nitrogen and oxygen atoms in total. The van der Waals surface area contributed by atoms with Crippen LogP contribution in [-0.2, 0) is 0 Å². The molecule has 1 fully saturated rings. The Hall–Kier alpha value is -2.11. The number of piperidine rings is 1. The van der Waals surface area contributed by atoms with Gasteiger partial charge in [0.1, 0.15) is 6.26 Å². The minimum absolute atomic E-state index is 0.139. The molecule has 0 bridgehead atoms. The van der Waals surface area contributed by atoms with Crippen LogP contribution in [0.25, 0.3) is 10.1 Å². The third-order valence-electron chi connectivity index (χ3n) is 5.34. The number of nitrogens with one attached hydrogen (secondary N) is 1. The number of carbonyl (C=O) groups is 1. The number of hydrogen-bond acceptors (Lipinski definition) is 4. The van der Waals surface area contributed by atoms with Gasteiger partial charge in [0, 0.05) is 16.4 Å². The van der Waals surface area contributed by atoms with E-state index in [1.807, 2.05) is 6.07 Å². The van der Waals surface area contributed by atoms with Gasteiger partial charge in [-0.3, -0.25) is 4.79 Å². The average Bonchev–Trinajstić information content (AvgIpc) is 3.31. The molecule has 0 saturated carbocycles. The van der Waals surface area contributed by atoms with Crippen molar-refractivity contribution < 1.29 is 9.21 Å². The molecule has 1 aromatic carbocycles. The number of benzene rings is 1. The van der Waals surface area contributed by atoms with Crippen LogP contribution >= 0.6 is 11.3 Å². The lowest BCUT2D eigenvalue weighted by molar-refractivity contribution is 0.102. The molecule has 1 saturated heterocycles. The normalized spacial score (nSPS) is 16.4. The highest BCUT2D eigenvalue weighted by atomic mass is 32.1. The van der Waals surface area contributed by atoms with Gasteiger partial charge in [-0.1, -0.05) is 0 Å². The Bertz CT molecular complexity index is 890. The lowest BCUT2D eigenvalue weighted by Gasteiger charge is -2.34. The summed E-state index contributed by atoms with van der Waals surface area (Å²) < 4.78 is 6.28. The van der Waals surface area contributed by atoms with E-state index >= 15 is 0 Å². The van der Waals surface area contributed by atoms with Crippen LogP contribution in [-0.4, -0.2) is 29.9 Å². The first-order valence-electron chi connectivity index (χ1n) is 9.20. The summed E-state index contributed by atoms with van der Waals surface area (Å²) in [4.78, 5) is 14.8. The van der Waals surface area contributed by atoms with Crippen LogP contribution in [0.4, 0.5) is 5.69 Å². The zero-order chi connectivity index (χ0) is 18.1. The number of nitrogens with zero attached hydrogens (tertiary/aromatic N) is 1. The largest absolute Gasteiger partial charge is 0.472 e. The minimum atomic E-state index is -0.139. The number of hydrogen-bond donors (Lipinski definition) is 1. The lowest BCUT2D eigenvalue weighted by Crippen LogP contribution is -2.37. The summed E-state index contributed by atoms with van der Waals surface area (Å²) in [5, 5.41) is 6.56. The van der Waals surface area contributed by atoms with E-state index in [1.165, 1.54) is 41.0 Å². The fourth-order valence-electron chi connectivity index (χ4n) is 3.77. The molecule has 1 aliphatic rings. The molecule has 3 aromatic rings. The number of furan rings is 1. The number of amides is 1. The highest BCUT2D eigenvalue weighted by Crippen LogP contribution is 2.38. The number of likely N-dealkylation sites (tertiary alicyclic amines) is 1. The molecule has 2 aromatic heterocycles. The van der Waals surface area contributed by atoms with Crippen LogP contribution in [0.2, 0.25) is 0 Å². The molecule has 0 spiro atoms. The predicted octanol–water partition coefficient (Wildman–Crippen LogP) is 5.33. The molecule has 26 heavy (non-hydrogen) atoms. The van der Waals surface area contributed by atoms with Crippen molar-refractivity contribution in [3.8, 4) is 0 Å². The summed E-state index contributed by atoms with van der Waals surface area (Å²) >= 11 is 1.80. The van der Waals surface area contributed by atoms with Crippen LogP contribution in [0, 0.1) is 0 Å². The number of rotatable bonds is 4. The van der Waals surface area contributed by atoms with Gasteiger partial charge in [0.25, 0.3) is 5.91 Å². The van der Waals surface area contributed by atoms with Gasteiger partial charge in [-0.05, 0) is 86.3 Å². The smallest absolute Gasteiger partial charge is 0.258 e. The maximum Gasteiger partial charge on any atom is 0.258 e. The summed E-state index contributed by atoms with van der Waals surface area (Å²) in [7, 11) is 0. The van der Waals surface area contributed by atoms with E-state index in [2.05, 4.69) is 41.6 Å². The molecule has 1 amide bonds. The van der Waals surface area contributed by atoms with Crippen molar-refractivity contribution in [2.24, 2.45) is 0 Å². The van der Waals surface area contributed by atoms with Crippen molar-refractivity contribution in [3.63, 3.8) is 0 Å². The molecule has 136 valence electrons. The third kappa shape index (κ3) is 3.41. The second-order valence-corrected chi connectivity index (χ2v) is 8.18. The molecule has 3 heterocycles. The van der Waals surface area contributed by atoms with E-state index in [-0.39, 0.29) is 5.91 Å². The molecular weight excluding hydrogens is 344 g/mol. The molecular formula is C21H24N2O2S. The number of carbonyl (C=O) groups excluding carboxylic acids is 1. The summed E-state index contributed by atoms with van der Waals surface area (Å²) in [5.74, 6) is 0.471. The molecule has 0 aliphatic carbocycles. The average molecular weight is 369 g/mol. The summed E-state index contributed by atoms with van der Waals surface area (Å²) in [6.07, 6.45) is 5.39. The van der Waals surface area contributed by atoms with Crippen molar-refractivity contribution in [3.05, 3.63) is 53.3 Å². The van der Waals surface area contributed by atoms with E-state index in [9.17, 15) is 4.79 Å². The molecule has 0 unspecified atom stereocenters. The first kappa shape index (κ1) is 17.3. The Morgan fingerprint density at radius 3 is 2.77 bits per heavy atom. The van der Waals surface area contributed by atoms with Crippen molar-refractivity contribution in [2.75, 3.05) is 18.4 Å². The topological polar surface area (TPSA) is 45.5 Å². The van der Waals surface area contributed by atoms with E-state index < -0.39 is 0 Å². The fraction of sp³-hybridized carbons (Fsp3) is 0.381. The third-order valence-corrected chi connectivity index (χ3v) is 6.33. The molecule has 4 rings (SSSR count). The highest BCUT2D eigenvalue weighted by molar-refractivity contribution is 7.17. The second kappa shape index (κ2) is 7.25. The van der Waals surface area contributed by atoms with Crippen LogP contribution in [0.1, 0.15) is 48.5 Å². The van der Waals surface area contributed by atoms with Crippen LogP contribution in [0.5, 0.6) is 0 Å². The highest BCUT2D eigenvalue weighted by Gasteiger charge is 2.24. The Labute approximate surface area is 157 Å². The molecule has 1 N–H and O–H groups in total. The van der Waals surface area contributed by atoms with E-state index in [0.29, 0.717) is 17.5 Å². The SMILES string of the molecule is CC(C)N1CCC(c2csc3ccc(NC(=O)c4ccoc4)cc23)CC1. The van der Waals surface area contributed by atoms with Crippen LogP contribution in [0.15, 0.2) is 46.6 Å². The minimum Gasteiger partial charge on any atom is -0.472 e. The Morgan fingerprint density at radius 1 is 1.27 bits per heavy atom. The first-order valence-corrected chi connectivity index (χ1v) is 10.1.